The Balaban J connectivity index is 1.98. The van der Waals surface area contributed by atoms with Gasteiger partial charge in [0.2, 0.25) is 0 Å². The van der Waals surface area contributed by atoms with E-state index in [1.807, 2.05) is 12.1 Å². The molecule has 1 heterocycles. The van der Waals surface area contributed by atoms with E-state index in [1.165, 1.54) is 0 Å². The maximum atomic E-state index is 11.8. The summed E-state index contributed by atoms with van der Waals surface area (Å²) in [4.78, 5) is 11.8. The van der Waals surface area contributed by atoms with E-state index >= 15 is 0 Å². The summed E-state index contributed by atoms with van der Waals surface area (Å²) in [6.45, 7) is 0.318. The quantitative estimate of drug-likeness (QED) is 0.940. The molecule has 3 nitrogen and oxygen atoms in total. The first-order valence-electron chi connectivity index (χ1n) is 4.93. The number of nitrogens with one attached hydrogen (secondary N) is 1. The minimum absolute atomic E-state index is 0.154. The van der Waals surface area contributed by atoms with Gasteiger partial charge in [0.1, 0.15) is 5.76 Å². The van der Waals surface area contributed by atoms with Gasteiger partial charge in [0.05, 0.1) is 6.54 Å². The predicted molar refractivity (Wildman–Crippen MR) is 69.0 cm³/mol. The number of carbonyl (C=O) groups excluding carboxylic acids is 1. The van der Waals surface area contributed by atoms with Crippen molar-refractivity contribution >= 4 is 33.4 Å². The van der Waals surface area contributed by atoms with Crippen molar-refractivity contribution in [3.05, 3.63) is 57.4 Å². The monoisotopic (exact) mass is 313 g/mol. The van der Waals surface area contributed by atoms with Gasteiger partial charge < -0.3 is 9.73 Å². The minimum Gasteiger partial charge on any atom is -0.448 e. The van der Waals surface area contributed by atoms with Crippen molar-refractivity contribution in [2.75, 3.05) is 0 Å². The molecule has 2 rings (SSSR count). The maximum absolute atomic E-state index is 11.8. The van der Waals surface area contributed by atoms with Gasteiger partial charge in [-0.1, -0.05) is 22.0 Å². The summed E-state index contributed by atoms with van der Waals surface area (Å²) in [6, 6.07) is 10.5. The lowest BCUT2D eigenvalue weighted by Crippen LogP contribution is -2.22. The molecule has 0 aliphatic rings. The summed E-state index contributed by atoms with van der Waals surface area (Å²) < 4.78 is 6.00. The molecule has 0 aliphatic heterocycles. The standard InChI is InChI=1S/C12H9BrClNO2/c13-9-3-1-2-8(6-9)12(16)15-7-10-4-5-11(14)17-10/h1-6H,7H2,(H,15,16). The summed E-state index contributed by atoms with van der Waals surface area (Å²) in [5.41, 5.74) is 0.594. The van der Waals surface area contributed by atoms with Gasteiger partial charge in [-0.15, -0.1) is 0 Å². The third-order valence-corrected chi connectivity index (χ3v) is 2.84. The number of amides is 1. The molecule has 0 unspecified atom stereocenters. The zero-order chi connectivity index (χ0) is 12.3. The highest BCUT2D eigenvalue weighted by Crippen LogP contribution is 2.14. The van der Waals surface area contributed by atoms with Gasteiger partial charge in [-0.05, 0) is 41.9 Å². The molecule has 88 valence electrons. The average molecular weight is 315 g/mol. The second kappa shape index (κ2) is 5.38. The number of furan rings is 1. The van der Waals surface area contributed by atoms with Crippen molar-refractivity contribution in [1.82, 2.24) is 5.32 Å². The molecule has 1 aromatic carbocycles. The van der Waals surface area contributed by atoms with Gasteiger partial charge >= 0.3 is 0 Å². The van der Waals surface area contributed by atoms with E-state index in [9.17, 15) is 4.79 Å². The van der Waals surface area contributed by atoms with Crippen LogP contribution in [0, 0.1) is 0 Å². The molecule has 0 fully saturated rings. The van der Waals surface area contributed by atoms with E-state index in [1.54, 1.807) is 24.3 Å². The van der Waals surface area contributed by atoms with E-state index in [0.29, 0.717) is 23.1 Å². The number of hydrogen-bond donors (Lipinski definition) is 1. The summed E-state index contributed by atoms with van der Waals surface area (Å²) >= 11 is 8.94. The highest BCUT2D eigenvalue weighted by molar-refractivity contribution is 9.10. The second-order valence-corrected chi connectivity index (χ2v) is 4.69. The highest BCUT2D eigenvalue weighted by atomic mass is 79.9. The van der Waals surface area contributed by atoms with E-state index in [4.69, 9.17) is 16.0 Å². The topological polar surface area (TPSA) is 42.2 Å². The van der Waals surface area contributed by atoms with Gasteiger partial charge in [0.25, 0.3) is 5.91 Å². The Kier molecular flexibility index (Phi) is 3.86. The first kappa shape index (κ1) is 12.2. The van der Waals surface area contributed by atoms with Crippen LogP contribution >= 0.6 is 27.5 Å². The third-order valence-electron chi connectivity index (χ3n) is 2.14. The lowest BCUT2D eigenvalue weighted by molar-refractivity contribution is 0.0948. The van der Waals surface area contributed by atoms with E-state index < -0.39 is 0 Å². The number of carbonyl (C=O) groups is 1. The highest BCUT2D eigenvalue weighted by Gasteiger charge is 2.06. The lowest BCUT2D eigenvalue weighted by atomic mass is 10.2. The molecule has 1 amide bonds. The number of hydrogen-bond acceptors (Lipinski definition) is 2. The molecule has 1 N–H and O–H groups in total. The average Bonchev–Trinajstić information content (AvgIpc) is 2.72. The Labute approximate surface area is 112 Å². The molecule has 0 bridgehead atoms. The zero-order valence-electron chi connectivity index (χ0n) is 8.74. The van der Waals surface area contributed by atoms with Crippen LogP contribution in [0.4, 0.5) is 0 Å². The molecule has 0 saturated carbocycles. The van der Waals surface area contributed by atoms with Crippen molar-refractivity contribution in [3.63, 3.8) is 0 Å². The summed E-state index contributed by atoms with van der Waals surface area (Å²) in [5, 5.41) is 3.06. The van der Waals surface area contributed by atoms with Crippen molar-refractivity contribution in [2.24, 2.45) is 0 Å². The fourth-order valence-corrected chi connectivity index (χ4v) is 1.91. The smallest absolute Gasteiger partial charge is 0.251 e. The molecule has 0 spiro atoms. The molecule has 2 aromatic rings. The molecular formula is C12H9BrClNO2. The fourth-order valence-electron chi connectivity index (χ4n) is 1.35. The molecule has 0 atom stereocenters. The van der Waals surface area contributed by atoms with Crippen LogP contribution < -0.4 is 5.32 Å². The van der Waals surface area contributed by atoms with Crippen LogP contribution in [0.25, 0.3) is 0 Å². The van der Waals surface area contributed by atoms with Gasteiger partial charge in [-0.3, -0.25) is 4.79 Å². The van der Waals surface area contributed by atoms with Gasteiger partial charge in [0, 0.05) is 10.0 Å². The van der Waals surface area contributed by atoms with E-state index in [-0.39, 0.29) is 5.91 Å². The zero-order valence-corrected chi connectivity index (χ0v) is 11.1. The number of benzene rings is 1. The van der Waals surface area contributed by atoms with Gasteiger partial charge in [-0.2, -0.15) is 0 Å². The molecule has 17 heavy (non-hydrogen) atoms. The molecule has 0 saturated heterocycles. The van der Waals surface area contributed by atoms with Crippen LogP contribution in [0.5, 0.6) is 0 Å². The maximum Gasteiger partial charge on any atom is 0.251 e. The van der Waals surface area contributed by atoms with Crippen molar-refractivity contribution in [1.29, 1.82) is 0 Å². The first-order valence-corrected chi connectivity index (χ1v) is 6.10. The Hall–Kier alpha value is -1.26. The summed E-state index contributed by atoms with van der Waals surface area (Å²) in [6.07, 6.45) is 0. The van der Waals surface area contributed by atoms with Gasteiger partial charge in [-0.25, -0.2) is 0 Å². The Morgan fingerprint density at radius 2 is 2.18 bits per heavy atom. The largest absolute Gasteiger partial charge is 0.448 e. The second-order valence-electron chi connectivity index (χ2n) is 3.40. The van der Waals surface area contributed by atoms with E-state index in [2.05, 4.69) is 21.2 Å². The van der Waals surface area contributed by atoms with Crippen molar-refractivity contribution < 1.29 is 9.21 Å². The molecule has 0 radical (unpaired) electrons. The number of halogens is 2. The first-order chi connectivity index (χ1) is 8.15. The lowest BCUT2D eigenvalue weighted by Gasteiger charge is -2.03. The van der Waals surface area contributed by atoms with Crippen molar-refractivity contribution in [3.8, 4) is 0 Å². The normalized spacial score (nSPS) is 10.2. The SMILES string of the molecule is O=C(NCc1ccc(Cl)o1)c1cccc(Br)c1. The number of rotatable bonds is 3. The van der Waals surface area contributed by atoms with E-state index in [0.717, 1.165) is 4.47 Å². The fraction of sp³-hybridized carbons (Fsp3) is 0.0833. The third kappa shape index (κ3) is 3.35. The Bertz CT molecular complexity index is 539. The van der Waals surface area contributed by atoms with Crippen LogP contribution in [0.3, 0.4) is 0 Å². The van der Waals surface area contributed by atoms with Crippen LogP contribution in [0.1, 0.15) is 16.1 Å². The molecular weight excluding hydrogens is 305 g/mol. The predicted octanol–water partition coefficient (Wildman–Crippen LogP) is 3.63. The van der Waals surface area contributed by atoms with Gasteiger partial charge in [0.15, 0.2) is 5.22 Å². The Morgan fingerprint density at radius 1 is 1.35 bits per heavy atom. The molecule has 5 heteroatoms. The summed E-state index contributed by atoms with van der Waals surface area (Å²) in [5.74, 6) is 0.470. The van der Waals surface area contributed by atoms with Crippen LogP contribution in [-0.4, -0.2) is 5.91 Å². The van der Waals surface area contributed by atoms with Crippen molar-refractivity contribution in [2.45, 2.75) is 6.54 Å². The molecule has 1 aromatic heterocycles. The minimum atomic E-state index is -0.154. The van der Waals surface area contributed by atoms with Crippen LogP contribution in [0.15, 0.2) is 45.3 Å². The van der Waals surface area contributed by atoms with Crippen LogP contribution in [-0.2, 0) is 6.54 Å². The molecule has 0 aliphatic carbocycles. The van der Waals surface area contributed by atoms with Crippen LogP contribution in [0.2, 0.25) is 5.22 Å². The Morgan fingerprint density at radius 3 is 2.82 bits per heavy atom. The summed E-state index contributed by atoms with van der Waals surface area (Å²) in [7, 11) is 0.